The molecule has 102 valence electrons. The molecular formula is C13H13F3N2O. The number of ether oxygens (including phenoxy) is 1. The molecular weight excluding hydrogens is 257 g/mol. The van der Waals surface area contributed by atoms with E-state index < -0.39 is 11.7 Å². The van der Waals surface area contributed by atoms with Gasteiger partial charge in [0.2, 0.25) is 5.88 Å². The van der Waals surface area contributed by atoms with Gasteiger partial charge >= 0.3 is 6.18 Å². The van der Waals surface area contributed by atoms with Gasteiger partial charge in [0.1, 0.15) is 0 Å². The molecule has 1 heterocycles. The van der Waals surface area contributed by atoms with E-state index in [-0.39, 0.29) is 6.54 Å². The van der Waals surface area contributed by atoms with Gasteiger partial charge in [-0.05, 0) is 24.6 Å². The average molecular weight is 270 g/mol. The number of aromatic nitrogens is 2. The summed E-state index contributed by atoms with van der Waals surface area (Å²) in [5, 5.41) is 4.18. The third-order valence-corrected chi connectivity index (χ3v) is 2.66. The van der Waals surface area contributed by atoms with Crippen molar-refractivity contribution < 1.29 is 17.9 Å². The lowest BCUT2D eigenvalue weighted by Crippen LogP contribution is -2.08. The number of halogens is 3. The Labute approximate surface area is 108 Å². The number of rotatable bonds is 3. The van der Waals surface area contributed by atoms with Crippen LogP contribution in [0.15, 0.2) is 30.3 Å². The van der Waals surface area contributed by atoms with Gasteiger partial charge in [-0.3, -0.25) is 0 Å². The van der Waals surface area contributed by atoms with E-state index in [9.17, 15) is 13.2 Å². The van der Waals surface area contributed by atoms with Gasteiger partial charge in [-0.15, -0.1) is 0 Å². The molecule has 0 atom stereocenters. The summed E-state index contributed by atoms with van der Waals surface area (Å²) < 4.78 is 44.5. The first-order valence-electron chi connectivity index (χ1n) is 5.65. The Morgan fingerprint density at radius 1 is 1.26 bits per heavy atom. The molecule has 0 amide bonds. The molecule has 2 rings (SSSR count). The molecule has 19 heavy (non-hydrogen) atoms. The number of nitrogens with zero attached hydrogens (tertiary/aromatic N) is 2. The minimum atomic E-state index is -4.33. The van der Waals surface area contributed by atoms with Crippen molar-refractivity contribution in [2.75, 3.05) is 7.11 Å². The Bertz CT molecular complexity index is 576. The maximum Gasteiger partial charge on any atom is 0.416 e. The minimum absolute atomic E-state index is 0.237. The quantitative estimate of drug-likeness (QED) is 0.856. The van der Waals surface area contributed by atoms with E-state index in [2.05, 4.69) is 5.10 Å². The maximum absolute atomic E-state index is 12.6. The van der Waals surface area contributed by atoms with Gasteiger partial charge in [0.15, 0.2) is 0 Å². The summed E-state index contributed by atoms with van der Waals surface area (Å²) in [6, 6.07) is 6.92. The van der Waals surface area contributed by atoms with Crippen molar-refractivity contribution in [2.24, 2.45) is 0 Å². The Morgan fingerprint density at radius 2 is 2.00 bits per heavy atom. The first-order valence-corrected chi connectivity index (χ1v) is 5.65. The van der Waals surface area contributed by atoms with E-state index in [0.29, 0.717) is 11.4 Å². The Balaban J connectivity index is 2.28. The molecule has 0 N–H and O–H groups in total. The molecule has 3 nitrogen and oxygen atoms in total. The normalized spacial score (nSPS) is 11.6. The van der Waals surface area contributed by atoms with Crippen LogP contribution in [-0.4, -0.2) is 16.9 Å². The SMILES string of the molecule is COc1cc(C)nn1Cc1cccc(C(F)(F)F)c1. The second-order valence-electron chi connectivity index (χ2n) is 4.18. The van der Waals surface area contributed by atoms with E-state index in [4.69, 9.17) is 4.74 Å². The van der Waals surface area contributed by atoms with Gasteiger partial charge in [-0.2, -0.15) is 18.3 Å². The highest BCUT2D eigenvalue weighted by molar-refractivity contribution is 5.27. The number of aryl methyl sites for hydroxylation is 1. The Morgan fingerprint density at radius 3 is 2.63 bits per heavy atom. The van der Waals surface area contributed by atoms with Gasteiger partial charge < -0.3 is 4.74 Å². The molecule has 1 aromatic carbocycles. The maximum atomic E-state index is 12.6. The van der Waals surface area contributed by atoms with Crippen LogP contribution in [0.4, 0.5) is 13.2 Å². The molecule has 0 radical (unpaired) electrons. The lowest BCUT2D eigenvalue weighted by Gasteiger charge is -2.10. The number of alkyl halides is 3. The third kappa shape index (κ3) is 3.07. The van der Waals surface area contributed by atoms with E-state index in [1.807, 2.05) is 0 Å². The number of hydrogen-bond donors (Lipinski definition) is 0. The monoisotopic (exact) mass is 270 g/mol. The molecule has 0 unspecified atom stereocenters. The summed E-state index contributed by atoms with van der Waals surface area (Å²) in [5.74, 6) is 0.523. The fourth-order valence-corrected chi connectivity index (χ4v) is 1.82. The number of hydrogen-bond acceptors (Lipinski definition) is 2. The second-order valence-corrected chi connectivity index (χ2v) is 4.18. The summed E-state index contributed by atoms with van der Waals surface area (Å²) in [4.78, 5) is 0. The predicted molar refractivity (Wildman–Crippen MR) is 64.1 cm³/mol. The molecule has 0 aliphatic rings. The van der Waals surface area contributed by atoms with Gasteiger partial charge in [0.05, 0.1) is 24.9 Å². The first kappa shape index (κ1) is 13.5. The van der Waals surface area contributed by atoms with Crippen molar-refractivity contribution in [1.82, 2.24) is 9.78 Å². The Hall–Kier alpha value is -1.98. The third-order valence-electron chi connectivity index (χ3n) is 2.66. The molecule has 0 fully saturated rings. The topological polar surface area (TPSA) is 27.1 Å². The van der Waals surface area contributed by atoms with Crippen LogP contribution in [0.3, 0.4) is 0 Å². The van der Waals surface area contributed by atoms with Gasteiger partial charge in [0.25, 0.3) is 0 Å². The first-order chi connectivity index (χ1) is 8.90. The second kappa shape index (κ2) is 4.95. The van der Waals surface area contributed by atoms with Crippen molar-refractivity contribution in [3.8, 4) is 5.88 Å². The molecule has 0 spiro atoms. The summed E-state index contributed by atoms with van der Waals surface area (Å²) in [7, 11) is 1.50. The highest BCUT2D eigenvalue weighted by Crippen LogP contribution is 2.29. The van der Waals surface area contributed by atoms with Crippen LogP contribution < -0.4 is 4.74 Å². The summed E-state index contributed by atoms with van der Waals surface area (Å²) >= 11 is 0. The fraction of sp³-hybridized carbons (Fsp3) is 0.308. The number of methoxy groups -OCH3 is 1. The fourth-order valence-electron chi connectivity index (χ4n) is 1.82. The predicted octanol–water partition coefficient (Wildman–Crippen LogP) is 3.27. The van der Waals surface area contributed by atoms with Crippen molar-refractivity contribution in [1.29, 1.82) is 0 Å². The van der Waals surface area contributed by atoms with Gasteiger partial charge in [-0.1, -0.05) is 12.1 Å². The van der Waals surface area contributed by atoms with Crippen LogP contribution in [0.1, 0.15) is 16.8 Å². The minimum Gasteiger partial charge on any atom is -0.481 e. The van der Waals surface area contributed by atoms with Crippen LogP contribution in [-0.2, 0) is 12.7 Å². The average Bonchev–Trinajstić information content (AvgIpc) is 2.69. The summed E-state index contributed by atoms with van der Waals surface area (Å²) in [5.41, 5.74) is 0.618. The highest BCUT2D eigenvalue weighted by atomic mass is 19.4. The van der Waals surface area contributed by atoms with Crippen LogP contribution in [0.5, 0.6) is 5.88 Å². The number of benzene rings is 1. The van der Waals surface area contributed by atoms with Crippen molar-refractivity contribution in [3.05, 3.63) is 47.2 Å². The van der Waals surface area contributed by atoms with Crippen molar-refractivity contribution in [3.63, 3.8) is 0 Å². The molecule has 6 heteroatoms. The summed E-state index contributed by atoms with van der Waals surface area (Å²) in [6.07, 6.45) is -4.33. The Kier molecular flexibility index (Phi) is 3.50. The molecule has 0 aliphatic carbocycles. The van der Waals surface area contributed by atoms with Crippen LogP contribution in [0, 0.1) is 6.92 Å². The zero-order chi connectivity index (χ0) is 14.0. The molecule has 2 aromatic rings. The summed E-state index contributed by atoms with van der Waals surface area (Å²) in [6.45, 7) is 2.03. The van der Waals surface area contributed by atoms with Crippen LogP contribution >= 0.6 is 0 Å². The van der Waals surface area contributed by atoms with Gasteiger partial charge in [0, 0.05) is 6.07 Å². The molecule has 0 saturated heterocycles. The van der Waals surface area contributed by atoms with Crippen molar-refractivity contribution in [2.45, 2.75) is 19.6 Å². The zero-order valence-corrected chi connectivity index (χ0v) is 10.5. The highest BCUT2D eigenvalue weighted by Gasteiger charge is 2.30. The van der Waals surface area contributed by atoms with E-state index in [1.54, 1.807) is 19.1 Å². The molecule has 0 aliphatic heterocycles. The largest absolute Gasteiger partial charge is 0.481 e. The van der Waals surface area contributed by atoms with E-state index in [1.165, 1.54) is 17.9 Å². The van der Waals surface area contributed by atoms with E-state index in [0.717, 1.165) is 17.8 Å². The molecule has 0 saturated carbocycles. The van der Waals surface area contributed by atoms with Crippen LogP contribution in [0.2, 0.25) is 0 Å². The smallest absolute Gasteiger partial charge is 0.416 e. The molecule has 0 bridgehead atoms. The molecule has 1 aromatic heterocycles. The lowest BCUT2D eigenvalue weighted by molar-refractivity contribution is -0.137. The zero-order valence-electron chi connectivity index (χ0n) is 10.5. The standard InChI is InChI=1S/C13H13F3N2O/c1-9-6-12(19-2)18(17-9)8-10-4-3-5-11(7-10)13(14,15)16/h3-7H,8H2,1-2H3. The van der Waals surface area contributed by atoms with Crippen LogP contribution in [0.25, 0.3) is 0 Å². The van der Waals surface area contributed by atoms with E-state index >= 15 is 0 Å². The van der Waals surface area contributed by atoms with Crippen molar-refractivity contribution >= 4 is 0 Å². The lowest BCUT2D eigenvalue weighted by atomic mass is 10.1. The van der Waals surface area contributed by atoms with Gasteiger partial charge in [-0.25, -0.2) is 4.68 Å².